The number of hydrogen-bond donors (Lipinski definition) is 0. The predicted molar refractivity (Wildman–Crippen MR) is 130 cm³/mol. The molecule has 0 aliphatic carbocycles. The van der Waals surface area contributed by atoms with Crippen LogP contribution in [0.1, 0.15) is 38.2 Å². The lowest BCUT2D eigenvalue weighted by Crippen LogP contribution is -2.05. The molecule has 0 saturated carbocycles. The van der Waals surface area contributed by atoms with E-state index in [9.17, 15) is 20.1 Å². The van der Waals surface area contributed by atoms with Gasteiger partial charge in [0.1, 0.15) is 29.4 Å². The lowest BCUT2D eigenvalue weighted by atomic mass is 10.0. The van der Waals surface area contributed by atoms with Crippen molar-refractivity contribution in [3.05, 3.63) is 65.8 Å². The largest absolute Gasteiger partial charge is 0.487 e. The first-order valence-corrected chi connectivity index (χ1v) is 11.7. The lowest BCUT2D eigenvalue weighted by molar-refractivity contribution is -0.114. The van der Waals surface area contributed by atoms with Crippen molar-refractivity contribution in [3.63, 3.8) is 0 Å². The number of allylic oxidation sites excluding steroid dienone is 1. The predicted octanol–water partition coefficient (Wildman–Crippen LogP) is 5.91. The minimum Gasteiger partial charge on any atom is -0.487 e. The van der Waals surface area contributed by atoms with E-state index in [-0.39, 0.29) is 29.0 Å². The summed E-state index contributed by atoms with van der Waals surface area (Å²) in [5.41, 5.74) is 1.27. The van der Waals surface area contributed by atoms with Gasteiger partial charge >= 0.3 is 5.97 Å². The molecule has 1 aromatic carbocycles. The third-order valence-electron chi connectivity index (χ3n) is 4.21. The first-order chi connectivity index (χ1) is 15.3. The van der Waals surface area contributed by atoms with Crippen molar-refractivity contribution >= 4 is 61.0 Å². The van der Waals surface area contributed by atoms with Crippen molar-refractivity contribution in [1.29, 1.82) is 10.5 Å². The molecule has 0 saturated heterocycles. The fourth-order valence-electron chi connectivity index (χ4n) is 2.76. The minimum atomic E-state index is -0.533. The molecule has 0 spiro atoms. The summed E-state index contributed by atoms with van der Waals surface area (Å²) in [5.74, 6) is -0.416. The van der Waals surface area contributed by atoms with E-state index in [1.165, 1.54) is 6.08 Å². The Morgan fingerprint density at radius 2 is 1.91 bits per heavy atom. The highest BCUT2D eigenvalue weighted by atomic mass is 79.9. The Morgan fingerprint density at radius 1 is 1.25 bits per heavy atom. The second kappa shape index (κ2) is 11.8. The summed E-state index contributed by atoms with van der Waals surface area (Å²) in [7, 11) is 0. The van der Waals surface area contributed by atoms with Crippen molar-refractivity contribution in [2.45, 2.75) is 20.3 Å². The Balaban J connectivity index is 2.35. The maximum absolute atomic E-state index is 12.8. The van der Waals surface area contributed by atoms with Crippen LogP contribution >= 0.6 is 43.2 Å². The second-order valence-electron chi connectivity index (χ2n) is 6.37. The number of nitriles is 2. The summed E-state index contributed by atoms with van der Waals surface area (Å²) in [5, 5.41) is 19.1. The number of rotatable bonds is 9. The number of esters is 1. The number of carbonyl (C=O) groups excluding carboxylic acids is 2. The molecule has 0 aliphatic heterocycles. The molecule has 0 atom stereocenters. The Hall–Kier alpha value is -2.72. The van der Waals surface area contributed by atoms with Crippen LogP contribution in [-0.4, -0.2) is 25.0 Å². The normalized spacial score (nSPS) is 10.8. The van der Waals surface area contributed by atoms with Gasteiger partial charge in [0.2, 0.25) is 0 Å². The average molecular weight is 578 g/mol. The molecule has 0 radical (unpaired) electrons. The number of hydrogen-bond acceptors (Lipinski definition) is 7. The molecule has 0 fully saturated rings. The summed E-state index contributed by atoms with van der Waals surface area (Å²) >= 11 is 7.89. The van der Waals surface area contributed by atoms with Gasteiger partial charge in [-0.25, -0.2) is 4.79 Å². The Labute approximate surface area is 207 Å². The molecule has 0 unspecified atom stereocenters. The van der Waals surface area contributed by atoms with E-state index in [4.69, 9.17) is 9.47 Å². The quantitative estimate of drug-likeness (QED) is 0.159. The molecule has 0 bridgehead atoms. The Bertz CT molecular complexity index is 1160. The van der Waals surface area contributed by atoms with Gasteiger partial charge in [-0.1, -0.05) is 12.7 Å². The van der Waals surface area contributed by atoms with E-state index >= 15 is 0 Å². The molecule has 0 N–H and O–H groups in total. The molecule has 2 aromatic rings. The molecule has 9 heteroatoms. The van der Waals surface area contributed by atoms with Crippen LogP contribution in [0.15, 0.2) is 39.3 Å². The van der Waals surface area contributed by atoms with Crippen LogP contribution in [0, 0.1) is 29.6 Å². The van der Waals surface area contributed by atoms with Crippen LogP contribution in [0.4, 0.5) is 0 Å². The zero-order valence-electron chi connectivity index (χ0n) is 17.3. The molecular weight excluding hydrogens is 560 g/mol. The number of benzene rings is 1. The number of ketones is 1. The number of ether oxygens (including phenoxy) is 2. The van der Waals surface area contributed by atoms with Crippen LogP contribution in [0.2, 0.25) is 0 Å². The van der Waals surface area contributed by atoms with Crippen molar-refractivity contribution in [1.82, 2.24) is 0 Å². The highest BCUT2D eigenvalue weighted by Crippen LogP contribution is 2.35. The standard InChI is InChI=1S/C23H18Br2N2O4S/c1-4-6-31-21-17(24)8-14(9-18(21)25)7-15(11-26)19(28)10-20-16(12-27)13(3)22(32-20)23(29)30-5-2/h4,7-9H,1,5-6,10H2,2-3H3. The number of nitrogens with zero attached hydrogens (tertiary/aromatic N) is 2. The molecule has 0 aliphatic rings. The highest BCUT2D eigenvalue weighted by molar-refractivity contribution is 9.11. The maximum Gasteiger partial charge on any atom is 0.348 e. The number of carbonyl (C=O) groups is 2. The SMILES string of the molecule is C=CCOc1c(Br)cc(C=C(C#N)C(=O)Cc2sc(C(=O)OCC)c(C)c2C#N)cc1Br. The van der Waals surface area contributed by atoms with E-state index in [1.807, 2.05) is 12.1 Å². The van der Waals surface area contributed by atoms with Gasteiger partial charge in [0.15, 0.2) is 5.78 Å². The van der Waals surface area contributed by atoms with E-state index in [1.54, 1.807) is 32.1 Å². The fraction of sp³-hybridized carbons (Fsp3) is 0.217. The minimum absolute atomic E-state index is 0.0730. The summed E-state index contributed by atoms with van der Waals surface area (Å²) in [4.78, 5) is 25.7. The molecule has 1 heterocycles. The number of Topliss-reactive ketones (excluding diaryl/α,β-unsaturated/α-hetero) is 1. The van der Waals surface area contributed by atoms with Gasteiger partial charge in [0, 0.05) is 11.3 Å². The van der Waals surface area contributed by atoms with Crippen LogP contribution in [0.3, 0.4) is 0 Å². The fourth-order valence-corrected chi connectivity index (χ4v) is 5.36. The van der Waals surface area contributed by atoms with Crippen LogP contribution in [-0.2, 0) is 16.0 Å². The van der Waals surface area contributed by atoms with E-state index in [0.29, 0.717) is 37.3 Å². The lowest BCUT2D eigenvalue weighted by Gasteiger charge is -2.09. The average Bonchev–Trinajstić information content (AvgIpc) is 3.06. The van der Waals surface area contributed by atoms with E-state index in [0.717, 1.165) is 11.3 Å². The van der Waals surface area contributed by atoms with Crippen LogP contribution in [0.25, 0.3) is 6.08 Å². The molecule has 2 rings (SSSR count). The third-order valence-corrected chi connectivity index (χ3v) is 6.66. The summed E-state index contributed by atoms with van der Waals surface area (Å²) in [6.07, 6.45) is 2.91. The summed E-state index contributed by atoms with van der Waals surface area (Å²) in [6.45, 7) is 7.47. The molecule has 32 heavy (non-hydrogen) atoms. The first-order valence-electron chi connectivity index (χ1n) is 9.34. The number of thiophene rings is 1. The van der Waals surface area contributed by atoms with Gasteiger partial charge in [-0.2, -0.15) is 10.5 Å². The number of halogens is 2. The molecule has 1 aromatic heterocycles. The molecule has 6 nitrogen and oxygen atoms in total. The third kappa shape index (κ3) is 5.95. The van der Waals surface area contributed by atoms with E-state index in [2.05, 4.69) is 38.4 Å². The molecule has 164 valence electrons. The van der Waals surface area contributed by atoms with Crippen molar-refractivity contribution in [2.75, 3.05) is 13.2 Å². The van der Waals surface area contributed by atoms with Gasteiger partial charge < -0.3 is 9.47 Å². The van der Waals surface area contributed by atoms with Crippen molar-refractivity contribution < 1.29 is 19.1 Å². The summed E-state index contributed by atoms with van der Waals surface area (Å²) in [6, 6.07) is 7.42. The maximum atomic E-state index is 12.8. The Morgan fingerprint density at radius 3 is 2.44 bits per heavy atom. The van der Waals surface area contributed by atoms with Gasteiger partial charge in [0.05, 0.1) is 26.7 Å². The smallest absolute Gasteiger partial charge is 0.348 e. The van der Waals surface area contributed by atoms with Gasteiger partial charge in [-0.15, -0.1) is 11.3 Å². The van der Waals surface area contributed by atoms with Crippen LogP contribution in [0.5, 0.6) is 5.75 Å². The topological polar surface area (TPSA) is 100 Å². The molecular formula is C23H18Br2N2O4S. The zero-order chi connectivity index (χ0) is 23.8. The molecule has 0 amide bonds. The van der Waals surface area contributed by atoms with Crippen LogP contribution < -0.4 is 4.74 Å². The van der Waals surface area contributed by atoms with Gasteiger partial charge in [-0.05, 0) is 75.0 Å². The van der Waals surface area contributed by atoms with Crippen molar-refractivity contribution in [3.8, 4) is 17.9 Å². The highest BCUT2D eigenvalue weighted by Gasteiger charge is 2.23. The Kier molecular flexibility index (Phi) is 9.40. The van der Waals surface area contributed by atoms with Crippen molar-refractivity contribution in [2.24, 2.45) is 0 Å². The second-order valence-corrected chi connectivity index (χ2v) is 9.18. The first kappa shape index (κ1) is 25.5. The zero-order valence-corrected chi connectivity index (χ0v) is 21.3. The monoisotopic (exact) mass is 576 g/mol. The van der Waals surface area contributed by atoms with Gasteiger partial charge in [-0.3, -0.25) is 4.79 Å². The van der Waals surface area contributed by atoms with Gasteiger partial charge in [0.25, 0.3) is 0 Å². The van der Waals surface area contributed by atoms with E-state index < -0.39 is 11.8 Å². The summed E-state index contributed by atoms with van der Waals surface area (Å²) < 4.78 is 11.9.